The van der Waals surface area contributed by atoms with Gasteiger partial charge in [-0.25, -0.2) is 0 Å². The molecule has 2 heterocycles. The van der Waals surface area contributed by atoms with Gasteiger partial charge in [0.05, 0.1) is 0 Å². The molecule has 5 heteroatoms. The van der Waals surface area contributed by atoms with Gasteiger partial charge >= 0.3 is 0 Å². The molecule has 0 unspecified atom stereocenters. The second kappa shape index (κ2) is 7.28. The quantitative estimate of drug-likeness (QED) is 0.644. The summed E-state index contributed by atoms with van der Waals surface area (Å²) in [7, 11) is 0. The summed E-state index contributed by atoms with van der Waals surface area (Å²) in [5.74, 6) is 0.370. The first kappa shape index (κ1) is 16.9. The number of benzene rings is 1. The summed E-state index contributed by atoms with van der Waals surface area (Å²) >= 11 is 7.00. The van der Waals surface area contributed by atoms with Gasteiger partial charge < -0.3 is 4.90 Å². The van der Waals surface area contributed by atoms with E-state index in [2.05, 4.69) is 48.1 Å². The third-order valence-corrected chi connectivity index (χ3v) is 5.15. The molecule has 1 aliphatic heterocycles. The lowest BCUT2D eigenvalue weighted by Gasteiger charge is -2.17. The van der Waals surface area contributed by atoms with Gasteiger partial charge in [-0.3, -0.25) is 10.1 Å². The minimum atomic E-state index is -0.127. The van der Waals surface area contributed by atoms with Gasteiger partial charge in [0.15, 0.2) is 5.11 Å². The van der Waals surface area contributed by atoms with Gasteiger partial charge in [-0.2, -0.15) is 11.3 Å². The zero-order valence-electron chi connectivity index (χ0n) is 13.8. The van der Waals surface area contributed by atoms with Crippen LogP contribution in [0.15, 0.2) is 46.8 Å². The van der Waals surface area contributed by atoms with Crippen LogP contribution in [0, 0.1) is 0 Å². The molecule has 1 saturated heterocycles. The Morgan fingerprint density at radius 2 is 2.00 bits per heavy atom. The lowest BCUT2D eigenvalue weighted by atomic mass is 10.0. The van der Waals surface area contributed by atoms with Crippen molar-refractivity contribution in [2.75, 3.05) is 6.54 Å². The number of carbonyl (C=O) groups excluding carboxylic acids is 1. The van der Waals surface area contributed by atoms with E-state index in [4.69, 9.17) is 12.2 Å². The summed E-state index contributed by atoms with van der Waals surface area (Å²) in [5.41, 5.74) is 4.18. The first-order chi connectivity index (χ1) is 11.5. The number of carbonyl (C=O) groups is 1. The predicted molar refractivity (Wildman–Crippen MR) is 104 cm³/mol. The molecule has 1 aliphatic rings. The van der Waals surface area contributed by atoms with E-state index in [-0.39, 0.29) is 5.91 Å². The lowest BCUT2D eigenvalue weighted by molar-refractivity contribution is -0.115. The Morgan fingerprint density at radius 1 is 1.25 bits per heavy atom. The molecule has 0 spiro atoms. The van der Waals surface area contributed by atoms with Gasteiger partial charge in [0.2, 0.25) is 0 Å². The number of nitrogens with zero attached hydrogens (tertiary/aromatic N) is 1. The van der Waals surface area contributed by atoms with Gasteiger partial charge in [-0.1, -0.05) is 38.1 Å². The van der Waals surface area contributed by atoms with E-state index >= 15 is 0 Å². The van der Waals surface area contributed by atoms with E-state index in [9.17, 15) is 4.79 Å². The van der Waals surface area contributed by atoms with Gasteiger partial charge in [-0.15, -0.1) is 0 Å². The van der Waals surface area contributed by atoms with E-state index in [1.54, 1.807) is 11.3 Å². The van der Waals surface area contributed by atoms with Crippen LogP contribution in [0.1, 0.15) is 36.5 Å². The van der Waals surface area contributed by atoms with Crippen molar-refractivity contribution in [3.05, 3.63) is 63.5 Å². The van der Waals surface area contributed by atoms with Crippen LogP contribution in [0.4, 0.5) is 0 Å². The number of nitrogens with one attached hydrogen (secondary N) is 1. The van der Waals surface area contributed by atoms with E-state index in [0.29, 0.717) is 23.3 Å². The number of amides is 1. The van der Waals surface area contributed by atoms with Crippen LogP contribution in [0.25, 0.3) is 6.08 Å². The molecule has 3 nitrogen and oxygen atoms in total. The minimum Gasteiger partial charge on any atom is -0.314 e. The molecule has 124 valence electrons. The minimum absolute atomic E-state index is 0.127. The Bertz CT molecular complexity index is 761. The van der Waals surface area contributed by atoms with Crippen molar-refractivity contribution in [2.45, 2.75) is 26.2 Å². The van der Waals surface area contributed by atoms with Gasteiger partial charge in [0, 0.05) is 6.54 Å². The Labute approximate surface area is 152 Å². The van der Waals surface area contributed by atoms with Gasteiger partial charge in [-0.05, 0) is 64.1 Å². The molecule has 2 aromatic rings. The highest BCUT2D eigenvalue weighted by molar-refractivity contribution is 7.80. The fraction of sp³-hybridized carbons (Fsp3) is 0.263. The summed E-state index contributed by atoms with van der Waals surface area (Å²) in [4.78, 5) is 14.1. The number of thiocarbonyl (C=S) groups is 1. The molecule has 3 rings (SSSR count). The Kier molecular flexibility index (Phi) is 5.11. The standard InChI is InChI=1S/C19H20N2OS2/c1-13(2)16-5-3-14(4-6-16)11-17-18(22)20-19(23)21(17)9-7-15-8-10-24-12-15/h3-6,8,10-13H,7,9H2,1-2H3,(H,20,22,23)/b17-11+. The maximum Gasteiger partial charge on any atom is 0.274 e. The average molecular weight is 357 g/mol. The van der Waals surface area contributed by atoms with Crippen LogP contribution in [-0.4, -0.2) is 22.5 Å². The maximum absolute atomic E-state index is 12.2. The molecular weight excluding hydrogens is 336 g/mol. The van der Waals surface area contributed by atoms with Crippen LogP contribution in [0.5, 0.6) is 0 Å². The first-order valence-corrected chi connectivity index (χ1v) is 9.35. The largest absolute Gasteiger partial charge is 0.314 e. The third kappa shape index (κ3) is 3.74. The van der Waals surface area contributed by atoms with E-state index < -0.39 is 0 Å². The third-order valence-electron chi connectivity index (χ3n) is 4.10. The fourth-order valence-electron chi connectivity index (χ4n) is 2.64. The van der Waals surface area contributed by atoms with Gasteiger partial charge in [0.25, 0.3) is 5.91 Å². The van der Waals surface area contributed by atoms with Crippen molar-refractivity contribution in [3.63, 3.8) is 0 Å². The highest BCUT2D eigenvalue weighted by atomic mass is 32.1. The van der Waals surface area contributed by atoms with Gasteiger partial charge in [0.1, 0.15) is 5.70 Å². The first-order valence-electron chi connectivity index (χ1n) is 8.00. The van der Waals surface area contributed by atoms with Crippen molar-refractivity contribution in [2.24, 2.45) is 0 Å². The Hall–Kier alpha value is -1.98. The van der Waals surface area contributed by atoms with Crippen LogP contribution < -0.4 is 5.32 Å². The number of hydrogen-bond donors (Lipinski definition) is 1. The predicted octanol–water partition coefficient (Wildman–Crippen LogP) is 4.17. The van der Waals surface area contributed by atoms with Crippen LogP contribution >= 0.6 is 23.6 Å². The topological polar surface area (TPSA) is 32.3 Å². The molecule has 1 N–H and O–H groups in total. The van der Waals surface area contributed by atoms with Crippen molar-refractivity contribution in [1.82, 2.24) is 10.2 Å². The zero-order valence-corrected chi connectivity index (χ0v) is 15.4. The number of rotatable bonds is 5. The Morgan fingerprint density at radius 3 is 2.62 bits per heavy atom. The highest BCUT2D eigenvalue weighted by Gasteiger charge is 2.29. The summed E-state index contributed by atoms with van der Waals surface area (Å²) in [6.45, 7) is 5.04. The van der Waals surface area contributed by atoms with Crippen LogP contribution in [0.3, 0.4) is 0 Å². The second-order valence-corrected chi connectivity index (χ2v) is 7.31. The molecule has 1 fully saturated rings. The summed E-state index contributed by atoms with van der Waals surface area (Å²) < 4.78 is 0. The SMILES string of the molecule is CC(C)c1ccc(/C=C2\C(=O)NC(=S)N2CCc2ccsc2)cc1. The van der Waals surface area contributed by atoms with E-state index in [1.807, 2.05) is 23.1 Å². The molecule has 0 aliphatic carbocycles. The van der Waals surface area contributed by atoms with Crippen LogP contribution in [0.2, 0.25) is 0 Å². The van der Waals surface area contributed by atoms with Crippen molar-refractivity contribution < 1.29 is 4.79 Å². The van der Waals surface area contributed by atoms with E-state index in [1.165, 1.54) is 11.1 Å². The fourth-order valence-corrected chi connectivity index (χ4v) is 3.62. The summed E-state index contributed by atoms with van der Waals surface area (Å²) in [5, 5.41) is 7.43. The molecule has 0 bridgehead atoms. The molecule has 0 atom stereocenters. The zero-order chi connectivity index (χ0) is 17.1. The molecule has 24 heavy (non-hydrogen) atoms. The van der Waals surface area contributed by atoms with Crippen molar-refractivity contribution in [1.29, 1.82) is 0 Å². The maximum atomic E-state index is 12.2. The molecule has 0 radical (unpaired) electrons. The Balaban J connectivity index is 1.79. The normalized spacial score (nSPS) is 16.3. The molecular formula is C19H20N2OS2. The average Bonchev–Trinajstić information content (AvgIpc) is 3.15. The number of thiophene rings is 1. The molecule has 1 aromatic heterocycles. The van der Waals surface area contributed by atoms with Crippen molar-refractivity contribution in [3.8, 4) is 0 Å². The molecule has 0 saturated carbocycles. The second-order valence-electron chi connectivity index (χ2n) is 6.14. The van der Waals surface area contributed by atoms with Crippen LogP contribution in [-0.2, 0) is 11.2 Å². The molecule has 1 amide bonds. The molecule has 1 aromatic carbocycles. The number of hydrogen-bond acceptors (Lipinski definition) is 3. The lowest BCUT2D eigenvalue weighted by Crippen LogP contribution is -2.29. The smallest absolute Gasteiger partial charge is 0.274 e. The summed E-state index contributed by atoms with van der Waals surface area (Å²) in [6, 6.07) is 10.4. The highest BCUT2D eigenvalue weighted by Crippen LogP contribution is 2.20. The van der Waals surface area contributed by atoms with Crippen molar-refractivity contribution >= 4 is 40.7 Å². The summed E-state index contributed by atoms with van der Waals surface area (Å²) in [6.07, 6.45) is 2.77. The van der Waals surface area contributed by atoms with E-state index in [0.717, 1.165) is 12.0 Å². The monoisotopic (exact) mass is 356 g/mol.